The first-order chi connectivity index (χ1) is 12.0. The SMILES string of the molecule is C[C@@H]1COc2ncc(NC(=O)O)cc2CN1C(=O)CN1CCOCC1. The number of carbonyl (C=O) groups excluding carboxylic acids is 1. The molecular weight excluding hydrogens is 328 g/mol. The Morgan fingerprint density at radius 3 is 2.88 bits per heavy atom. The molecule has 25 heavy (non-hydrogen) atoms. The molecule has 0 aromatic carbocycles. The van der Waals surface area contributed by atoms with Gasteiger partial charge in [0.05, 0.1) is 44.2 Å². The molecular formula is C16H22N4O5. The van der Waals surface area contributed by atoms with Gasteiger partial charge >= 0.3 is 6.09 Å². The number of carboxylic acid groups (broad SMARTS) is 1. The molecule has 0 spiro atoms. The topological polar surface area (TPSA) is 104 Å². The molecule has 136 valence electrons. The summed E-state index contributed by atoms with van der Waals surface area (Å²) in [5.74, 6) is 0.451. The third-order valence-electron chi connectivity index (χ3n) is 4.29. The molecule has 3 rings (SSSR count). The first kappa shape index (κ1) is 17.4. The van der Waals surface area contributed by atoms with Crippen LogP contribution in [0.2, 0.25) is 0 Å². The Morgan fingerprint density at radius 1 is 1.40 bits per heavy atom. The van der Waals surface area contributed by atoms with Gasteiger partial charge in [0.15, 0.2) is 0 Å². The van der Waals surface area contributed by atoms with E-state index in [1.807, 2.05) is 6.92 Å². The Morgan fingerprint density at radius 2 is 2.16 bits per heavy atom. The molecule has 2 aliphatic rings. The van der Waals surface area contributed by atoms with Gasteiger partial charge in [0.2, 0.25) is 11.8 Å². The van der Waals surface area contributed by atoms with E-state index in [2.05, 4.69) is 15.2 Å². The third kappa shape index (κ3) is 4.37. The highest BCUT2D eigenvalue weighted by Crippen LogP contribution is 2.25. The standard InChI is InChI=1S/C16H22N4O5/c1-11-10-25-15-12(6-13(7-17-15)18-16(22)23)8-20(11)14(21)9-19-2-4-24-5-3-19/h6-7,11,18H,2-5,8-10H2,1H3,(H,22,23)/t11-/m1/s1. The van der Waals surface area contributed by atoms with E-state index >= 15 is 0 Å². The van der Waals surface area contributed by atoms with Crippen molar-refractivity contribution in [3.63, 3.8) is 0 Å². The molecule has 0 aliphatic carbocycles. The van der Waals surface area contributed by atoms with Gasteiger partial charge in [-0.3, -0.25) is 15.0 Å². The molecule has 2 aliphatic heterocycles. The first-order valence-electron chi connectivity index (χ1n) is 8.24. The second kappa shape index (κ2) is 7.66. The van der Waals surface area contributed by atoms with Crippen LogP contribution in [-0.2, 0) is 16.1 Å². The van der Waals surface area contributed by atoms with Crippen LogP contribution in [0.4, 0.5) is 10.5 Å². The quantitative estimate of drug-likeness (QED) is 0.823. The summed E-state index contributed by atoms with van der Waals surface area (Å²) in [6.45, 7) is 5.72. The highest BCUT2D eigenvalue weighted by Gasteiger charge is 2.28. The van der Waals surface area contributed by atoms with Crippen molar-refractivity contribution in [1.82, 2.24) is 14.8 Å². The number of fused-ring (bicyclic) bond motifs is 1. The molecule has 1 aromatic rings. The maximum absolute atomic E-state index is 12.8. The Labute approximate surface area is 145 Å². The van der Waals surface area contributed by atoms with Crippen molar-refractivity contribution < 1.29 is 24.2 Å². The van der Waals surface area contributed by atoms with E-state index in [1.165, 1.54) is 6.20 Å². The van der Waals surface area contributed by atoms with Gasteiger partial charge in [0.1, 0.15) is 6.61 Å². The van der Waals surface area contributed by atoms with Crippen molar-refractivity contribution in [1.29, 1.82) is 0 Å². The zero-order valence-electron chi connectivity index (χ0n) is 14.1. The minimum atomic E-state index is -1.16. The monoisotopic (exact) mass is 350 g/mol. The first-order valence-corrected chi connectivity index (χ1v) is 8.24. The smallest absolute Gasteiger partial charge is 0.409 e. The molecule has 0 radical (unpaired) electrons. The van der Waals surface area contributed by atoms with Crippen molar-refractivity contribution in [2.45, 2.75) is 19.5 Å². The van der Waals surface area contributed by atoms with Gasteiger partial charge in [0.25, 0.3) is 0 Å². The van der Waals surface area contributed by atoms with Gasteiger partial charge < -0.3 is 19.5 Å². The molecule has 3 heterocycles. The fraction of sp³-hybridized carbons (Fsp3) is 0.562. The molecule has 0 bridgehead atoms. The molecule has 1 saturated heterocycles. The fourth-order valence-electron chi connectivity index (χ4n) is 2.94. The minimum absolute atomic E-state index is 0.0162. The summed E-state index contributed by atoms with van der Waals surface area (Å²) in [6.07, 6.45) is 0.243. The predicted octanol–water partition coefficient (Wildman–Crippen LogP) is 0.613. The number of anilines is 1. The van der Waals surface area contributed by atoms with Gasteiger partial charge in [-0.15, -0.1) is 0 Å². The third-order valence-corrected chi connectivity index (χ3v) is 4.29. The number of carbonyl (C=O) groups is 2. The van der Waals surface area contributed by atoms with E-state index in [0.717, 1.165) is 13.1 Å². The predicted molar refractivity (Wildman–Crippen MR) is 88.7 cm³/mol. The summed E-state index contributed by atoms with van der Waals surface area (Å²) >= 11 is 0. The van der Waals surface area contributed by atoms with E-state index in [1.54, 1.807) is 11.0 Å². The molecule has 2 N–H and O–H groups in total. The van der Waals surface area contributed by atoms with Gasteiger partial charge in [-0.2, -0.15) is 0 Å². The van der Waals surface area contributed by atoms with Crippen LogP contribution in [0.25, 0.3) is 0 Å². The summed E-state index contributed by atoms with van der Waals surface area (Å²) in [5.41, 5.74) is 1.04. The highest BCUT2D eigenvalue weighted by atomic mass is 16.5. The van der Waals surface area contributed by atoms with E-state index in [0.29, 0.717) is 50.0 Å². The number of hydrogen-bond donors (Lipinski definition) is 2. The maximum Gasteiger partial charge on any atom is 0.409 e. The number of morpholine rings is 1. The lowest BCUT2D eigenvalue weighted by Crippen LogP contribution is -2.47. The maximum atomic E-state index is 12.8. The summed E-state index contributed by atoms with van der Waals surface area (Å²) < 4.78 is 11.0. The highest BCUT2D eigenvalue weighted by molar-refractivity contribution is 5.83. The Balaban J connectivity index is 1.73. The number of aromatic nitrogens is 1. The van der Waals surface area contributed by atoms with Crippen LogP contribution in [0.15, 0.2) is 12.3 Å². The largest absolute Gasteiger partial charge is 0.475 e. The Kier molecular flexibility index (Phi) is 5.34. The number of nitrogens with zero attached hydrogens (tertiary/aromatic N) is 3. The van der Waals surface area contributed by atoms with Crippen molar-refractivity contribution in [2.75, 3.05) is 44.8 Å². The van der Waals surface area contributed by atoms with Crippen molar-refractivity contribution in [2.24, 2.45) is 0 Å². The number of nitrogens with one attached hydrogen (secondary N) is 1. The van der Waals surface area contributed by atoms with Gasteiger partial charge in [-0.05, 0) is 13.0 Å². The summed E-state index contributed by atoms with van der Waals surface area (Å²) in [4.78, 5) is 31.6. The number of rotatable bonds is 3. The van der Waals surface area contributed by atoms with Crippen LogP contribution in [0.1, 0.15) is 12.5 Å². The van der Waals surface area contributed by atoms with E-state index in [9.17, 15) is 9.59 Å². The molecule has 0 unspecified atom stereocenters. The van der Waals surface area contributed by atoms with Crippen LogP contribution < -0.4 is 10.1 Å². The van der Waals surface area contributed by atoms with E-state index < -0.39 is 6.09 Å². The van der Waals surface area contributed by atoms with Crippen molar-refractivity contribution >= 4 is 17.7 Å². The minimum Gasteiger partial charge on any atom is -0.475 e. The van der Waals surface area contributed by atoms with Crippen LogP contribution >= 0.6 is 0 Å². The number of pyridine rings is 1. The van der Waals surface area contributed by atoms with Gasteiger partial charge in [-0.1, -0.05) is 0 Å². The summed E-state index contributed by atoms with van der Waals surface area (Å²) in [6, 6.07) is 1.56. The normalized spacial score (nSPS) is 21.0. The average molecular weight is 350 g/mol. The van der Waals surface area contributed by atoms with Crippen LogP contribution in [0.3, 0.4) is 0 Å². The molecule has 1 fully saturated rings. The van der Waals surface area contributed by atoms with Gasteiger partial charge in [0, 0.05) is 18.7 Å². The van der Waals surface area contributed by atoms with Crippen LogP contribution in [0.5, 0.6) is 5.88 Å². The molecule has 9 heteroatoms. The Bertz CT molecular complexity index is 647. The molecule has 0 saturated carbocycles. The lowest BCUT2D eigenvalue weighted by atomic mass is 10.2. The van der Waals surface area contributed by atoms with E-state index in [4.69, 9.17) is 14.6 Å². The zero-order chi connectivity index (χ0) is 17.8. The average Bonchev–Trinajstić information content (AvgIpc) is 2.74. The molecule has 9 nitrogen and oxygen atoms in total. The fourth-order valence-corrected chi connectivity index (χ4v) is 2.94. The Hall–Kier alpha value is -2.39. The molecule has 1 aromatic heterocycles. The lowest BCUT2D eigenvalue weighted by molar-refractivity contribution is -0.136. The van der Waals surface area contributed by atoms with Crippen LogP contribution in [0, 0.1) is 0 Å². The van der Waals surface area contributed by atoms with Crippen LogP contribution in [-0.4, -0.2) is 77.4 Å². The summed E-state index contributed by atoms with van der Waals surface area (Å²) in [5, 5.41) is 11.1. The van der Waals surface area contributed by atoms with Crippen molar-refractivity contribution in [3.05, 3.63) is 17.8 Å². The van der Waals surface area contributed by atoms with Crippen molar-refractivity contribution in [3.8, 4) is 5.88 Å². The number of ether oxygens (including phenoxy) is 2. The van der Waals surface area contributed by atoms with Gasteiger partial charge in [-0.25, -0.2) is 9.78 Å². The molecule has 2 amide bonds. The lowest BCUT2D eigenvalue weighted by Gasteiger charge is -2.31. The zero-order valence-corrected chi connectivity index (χ0v) is 14.1. The summed E-state index contributed by atoms with van der Waals surface area (Å²) in [7, 11) is 0. The second-order valence-electron chi connectivity index (χ2n) is 6.19. The molecule has 1 atom stereocenters. The van der Waals surface area contributed by atoms with E-state index in [-0.39, 0.29) is 11.9 Å². The second-order valence-corrected chi connectivity index (χ2v) is 6.19. The number of hydrogen-bond acceptors (Lipinski definition) is 6. The number of amides is 2.